The van der Waals surface area contributed by atoms with Gasteiger partial charge in [0.2, 0.25) is 0 Å². The zero-order valence-electron chi connectivity index (χ0n) is 18.6. The van der Waals surface area contributed by atoms with Gasteiger partial charge in [0.25, 0.3) is 5.69 Å². The van der Waals surface area contributed by atoms with Crippen LogP contribution in [0, 0.1) is 27.4 Å². The van der Waals surface area contributed by atoms with Crippen LogP contribution in [0.5, 0.6) is 5.75 Å². The van der Waals surface area contributed by atoms with Crippen LogP contribution in [0.15, 0.2) is 54.7 Å². The Balaban J connectivity index is 1.95. The molecule has 0 N–H and O–H groups in total. The lowest BCUT2D eigenvalue weighted by Gasteiger charge is -2.10. The Morgan fingerprint density at radius 3 is 2.56 bits per heavy atom. The van der Waals surface area contributed by atoms with Gasteiger partial charge in [-0.05, 0) is 38.5 Å². The summed E-state index contributed by atoms with van der Waals surface area (Å²) in [4.78, 5) is 23.6. The van der Waals surface area contributed by atoms with E-state index in [0.29, 0.717) is 28.1 Å². The van der Waals surface area contributed by atoms with Gasteiger partial charge in [0.15, 0.2) is 5.78 Å². The third-order valence-electron chi connectivity index (χ3n) is 4.49. The van der Waals surface area contributed by atoms with Crippen LogP contribution in [0.2, 0.25) is 0 Å². The maximum Gasteiger partial charge on any atom is 0.270 e. The molecule has 0 saturated carbocycles. The summed E-state index contributed by atoms with van der Waals surface area (Å²) < 4.78 is 7.17. The molecule has 1 heterocycles. The SMILES string of the molecule is Cn1cc(C#CC(C)(C)C)c(-c2cc([N+](=O)[O-])ccc2CC(=O)COc2ccccc2)n1. The molecule has 32 heavy (non-hydrogen) atoms. The highest BCUT2D eigenvalue weighted by Crippen LogP contribution is 2.30. The first-order valence-corrected chi connectivity index (χ1v) is 10.2. The Kier molecular flexibility index (Phi) is 6.74. The van der Waals surface area contributed by atoms with Crippen LogP contribution in [0.4, 0.5) is 5.69 Å². The first-order valence-electron chi connectivity index (χ1n) is 10.2. The van der Waals surface area contributed by atoms with Gasteiger partial charge in [-0.1, -0.05) is 36.1 Å². The van der Waals surface area contributed by atoms with E-state index in [1.165, 1.54) is 12.1 Å². The molecule has 0 aliphatic rings. The van der Waals surface area contributed by atoms with Gasteiger partial charge in [0.05, 0.1) is 10.5 Å². The highest BCUT2D eigenvalue weighted by atomic mass is 16.6. The van der Waals surface area contributed by atoms with Gasteiger partial charge in [0.1, 0.15) is 18.1 Å². The van der Waals surface area contributed by atoms with E-state index in [2.05, 4.69) is 16.9 Å². The van der Waals surface area contributed by atoms with Gasteiger partial charge in [-0.25, -0.2) is 0 Å². The lowest BCUT2D eigenvalue weighted by atomic mass is 9.95. The average molecular weight is 431 g/mol. The van der Waals surface area contributed by atoms with Crippen molar-refractivity contribution in [3.8, 4) is 28.8 Å². The average Bonchev–Trinajstić information content (AvgIpc) is 3.11. The third-order valence-corrected chi connectivity index (χ3v) is 4.49. The number of nitro groups is 1. The number of nitrogens with zero attached hydrogens (tertiary/aromatic N) is 3. The first-order chi connectivity index (χ1) is 15.1. The number of nitro benzene ring substituents is 1. The van der Waals surface area contributed by atoms with Gasteiger partial charge in [0, 0.05) is 42.8 Å². The summed E-state index contributed by atoms with van der Waals surface area (Å²) in [6.45, 7) is 5.90. The molecule has 0 amide bonds. The summed E-state index contributed by atoms with van der Waals surface area (Å²) in [5, 5.41) is 15.9. The van der Waals surface area contributed by atoms with Crippen molar-refractivity contribution in [3.63, 3.8) is 0 Å². The number of ether oxygens (including phenoxy) is 1. The van der Waals surface area contributed by atoms with E-state index in [1.807, 2.05) is 39.0 Å². The van der Waals surface area contributed by atoms with Crippen LogP contribution >= 0.6 is 0 Å². The monoisotopic (exact) mass is 431 g/mol. The largest absolute Gasteiger partial charge is 0.486 e. The van der Waals surface area contributed by atoms with Crippen molar-refractivity contribution in [1.82, 2.24) is 9.78 Å². The number of aromatic nitrogens is 2. The van der Waals surface area contributed by atoms with E-state index in [9.17, 15) is 14.9 Å². The summed E-state index contributed by atoms with van der Waals surface area (Å²) in [6.07, 6.45) is 1.83. The normalized spacial score (nSPS) is 10.9. The predicted molar refractivity (Wildman–Crippen MR) is 122 cm³/mol. The highest BCUT2D eigenvalue weighted by molar-refractivity contribution is 5.85. The van der Waals surface area contributed by atoms with E-state index in [0.717, 1.165) is 0 Å². The maximum absolute atomic E-state index is 12.6. The van der Waals surface area contributed by atoms with Crippen molar-refractivity contribution in [2.75, 3.05) is 6.61 Å². The van der Waals surface area contributed by atoms with Gasteiger partial charge in [-0.3, -0.25) is 19.6 Å². The summed E-state index contributed by atoms with van der Waals surface area (Å²) in [6, 6.07) is 13.5. The summed E-state index contributed by atoms with van der Waals surface area (Å²) >= 11 is 0. The number of carbonyl (C=O) groups excluding carboxylic acids is 1. The molecule has 0 aliphatic heterocycles. The van der Waals surface area contributed by atoms with Crippen molar-refractivity contribution in [3.05, 3.63) is 76.0 Å². The zero-order chi connectivity index (χ0) is 23.3. The molecule has 7 heteroatoms. The number of hydrogen-bond donors (Lipinski definition) is 0. The minimum Gasteiger partial charge on any atom is -0.486 e. The number of rotatable bonds is 7. The minimum absolute atomic E-state index is 0.0584. The quantitative estimate of drug-likeness (QED) is 0.310. The Labute approximate surface area is 187 Å². The fourth-order valence-corrected chi connectivity index (χ4v) is 3.03. The molecule has 0 spiro atoms. The summed E-state index contributed by atoms with van der Waals surface area (Å²) in [5.74, 6) is 6.76. The van der Waals surface area contributed by atoms with Crippen LogP contribution in [-0.4, -0.2) is 27.1 Å². The minimum atomic E-state index is -0.461. The number of hydrogen-bond acceptors (Lipinski definition) is 5. The second-order valence-corrected chi connectivity index (χ2v) is 8.48. The lowest BCUT2D eigenvalue weighted by Crippen LogP contribution is -2.14. The molecule has 0 saturated heterocycles. The first kappa shape index (κ1) is 22.8. The Morgan fingerprint density at radius 2 is 1.91 bits per heavy atom. The lowest BCUT2D eigenvalue weighted by molar-refractivity contribution is -0.384. The van der Waals surface area contributed by atoms with Crippen molar-refractivity contribution in [2.45, 2.75) is 27.2 Å². The topological polar surface area (TPSA) is 87.3 Å². The van der Waals surface area contributed by atoms with Crippen molar-refractivity contribution < 1.29 is 14.5 Å². The van der Waals surface area contributed by atoms with E-state index in [4.69, 9.17) is 4.74 Å². The molecule has 2 aromatic carbocycles. The fraction of sp³-hybridized carbons (Fsp3) is 0.280. The molecule has 164 valence electrons. The highest BCUT2D eigenvalue weighted by Gasteiger charge is 2.19. The van der Waals surface area contributed by atoms with Gasteiger partial charge < -0.3 is 4.74 Å². The number of Topliss-reactive ketones (excluding diaryl/α,β-unsaturated/α-hetero) is 1. The molecular weight excluding hydrogens is 406 g/mol. The van der Waals surface area contributed by atoms with Gasteiger partial charge >= 0.3 is 0 Å². The van der Waals surface area contributed by atoms with Crippen molar-refractivity contribution >= 4 is 11.5 Å². The van der Waals surface area contributed by atoms with E-state index >= 15 is 0 Å². The smallest absolute Gasteiger partial charge is 0.270 e. The maximum atomic E-state index is 12.6. The number of benzene rings is 2. The Hall–Kier alpha value is -3.92. The van der Waals surface area contributed by atoms with E-state index in [1.54, 1.807) is 36.1 Å². The van der Waals surface area contributed by atoms with Crippen molar-refractivity contribution in [2.24, 2.45) is 12.5 Å². The molecular formula is C25H25N3O4. The van der Waals surface area contributed by atoms with Crippen LogP contribution < -0.4 is 4.74 Å². The zero-order valence-corrected chi connectivity index (χ0v) is 18.6. The van der Waals surface area contributed by atoms with Crippen molar-refractivity contribution in [1.29, 1.82) is 0 Å². The molecule has 0 bridgehead atoms. The molecule has 0 aliphatic carbocycles. The number of aryl methyl sites for hydroxylation is 1. The fourth-order valence-electron chi connectivity index (χ4n) is 3.03. The molecule has 0 fully saturated rings. The second-order valence-electron chi connectivity index (χ2n) is 8.48. The molecule has 0 unspecified atom stereocenters. The van der Waals surface area contributed by atoms with Gasteiger partial charge in [-0.15, -0.1) is 0 Å². The number of non-ortho nitro benzene ring substituents is 1. The van der Waals surface area contributed by atoms with Crippen LogP contribution in [-0.2, 0) is 18.3 Å². The predicted octanol–water partition coefficient (Wildman–Crippen LogP) is 4.58. The van der Waals surface area contributed by atoms with Crippen LogP contribution in [0.3, 0.4) is 0 Å². The van der Waals surface area contributed by atoms with Crippen LogP contribution in [0.25, 0.3) is 11.3 Å². The van der Waals surface area contributed by atoms with E-state index < -0.39 is 4.92 Å². The summed E-state index contributed by atoms with van der Waals surface area (Å²) in [7, 11) is 1.77. The third kappa shape index (κ3) is 6.05. The van der Waals surface area contributed by atoms with E-state index in [-0.39, 0.29) is 29.9 Å². The molecule has 1 aromatic heterocycles. The second kappa shape index (κ2) is 9.48. The number of ketones is 1. The number of carbonyl (C=O) groups is 1. The number of para-hydroxylation sites is 1. The Morgan fingerprint density at radius 1 is 1.19 bits per heavy atom. The Bertz CT molecular complexity index is 1200. The molecule has 0 radical (unpaired) electrons. The standard InChI is InChI=1S/C25H25N3O4/c1-25(2,3)13-12-19-16-27(4)26-24(19)23-15-20(28(30)31)11-10-18(23)14-21(29)17-32-22-8-6-5-7-9-22/h5-11,15-16H,14,17H2,1-4H3. The van der Waals surface area contributed by atoms with Crippen LogP contribution in [0.1, 0.15) is 31.9 Å². The molecule has 0 atom stereocenters. The summed E-state index contributed by atoms with van der Waals surface area (Å²) in [5.41, 5.74) is 2.03. The molecule has 7 nitrogen and oxygen atoms in total. The van der Waals surface area contributed by atoms with Gasteiger partial charge in [-0.2, -0.15) is 5.10 Å². The molecule has 3 aromatic rings. The molecule has 3 rings (SSSR count).